The van der Waals surface area contributed by atoms with Crippen LogP contribution in [0.15, 0.2) is 18.2 Å². The molecule has 96 valence electrons. The van der Waals surface area contributed by atoms with Gasteiger partial charge >= 0.3 is 0 Å². The SMILES string of the molecule is O=C1CCC(CNC(=O)c2ccc(I)c(Cl)c2)N1. The molecule has 1 aromatic rings. The zero-order valence-corrected chi connectivity index (χ0v) is 12.4. The topological polar surface area (TPSA) is 58.2 Å². The summed E-state index contributed by atoms with van der Waals surface area (Å²) in [4.78, 5) is 22.9. The minimum atomic E-state index is -0.172. The first-order valence-electron chi connectivity index (χ1n) is 5.59. The van der Waals surface area contributed by atoms with Gasteiger partial charge in [-0.05, 0) is 47.2 Å². The first kappa shape index (κ1) is 13.6. The van der Waals surface area contributed by atoms with Gasteiger partial charge in [0, 0.05) is 28.1 Å². The van der Waals surface area contributed by atoms with Crippen molar-refractivity contribution in [2.75, 3.05) is 6.54 Å². The molecule has 2 rings (SSSR count). The molecule has 4 nitrogen and oxygen atoms in total. The van der Waals surface area contributed by atoms with Crippen molar-refractivity contribution in [3.63, 3.8) is 0 Å². The third-order valence-electron chi connectivity index (χ3n) is 2.78. The Morgan fingerprint density at radius 2 is 2.33 bits per heavy atom. The molecule has 1 unspecified atom stereocenters. The molecule has 0 bridgehead atoms. The Balaban J connectivity index is 1.91. The lowest BCUT2D eigenvalue weighted by molar-refractivity contribution is -0.119. The van der Waals surface area contributed by atoms with Gasteiger partial charge in [0.05, 0.1) is 5.02 Å². The Morgan fingerprint density at radius 1 is 1.56 bits per heavy atom. The molecule has 18 heavy (non-hydrogen) atoms. The molecule has 1 aromatic carbocycles. The van der Waals surface area contributed by atoms with Crippen molar-refractivity contribution in [2.24, 2.45) is 0 Å². The molecule has 2 amide bonds. The molecular weight excluding hydrogens is 367 g/mol. The highest BCUT2D eigenvalue weighted by Crippen LogP contribution is 2.19. The molecule has 0 spiro atoms. The van der Waals surface area contributed by atoms with Crippen LogP contribution in [0.25, 0.3) is 0 Å². The maximum atomic E-state index is 11.9. The van der Waals surface area contributed by atoms with Gasteiger partial charge in [0.15, 0.2) is 0 Å². The normalized spacial score (nSPS) is 18.6. The summed E-state index contributed by atoms with van der Waals surface area (Å²) >= 11 is 8.07. The number of halogens is 2. The highest BCUT2D eigenvalue weighted by Gasteiger charge is 2.21. The molecule has 1 fully saturated rings. The highest BCUT2D eigenvalue weighted by molar-refractivity contribution is 14.1. The summed E-state index contributed by atoms with van der Waals surface area (Å²) in [6.45, 7) is 0.453. The molecule has 0 aromatic heterocycles. The number of carbonyl (C=O) groups is 2. The van der Waals surface area contributed by atoms with Crippen molar-refractivity contribution in [3.05, 3.63) is 32.4 Å². The summed E-state index contributed by atoms with van der Waals surface area (Å²) in [6, 6.07) is 5.22. The van der Waals surface area contributed by atoms with Crippen LogP contribution in [0.3, 0.4) is 0 Å². The van der Waals surface area contributed by atoms with E-state index in [1.54, 1.807) is 18.2 Å². The first-order chi connectivity index (χ1) is 8.56. The molecule has 1 saturated heterocycles. The zero-order valence-electron chi connectivity index (χ0n) is 9.50. The maximum absolute atomic E-state index is 11.9. The monoisotopic (exact) mass is 378 g/mol. The van der Waals surface area contributed by atoms with E-state index in [1.165, 1.54) is 0 Å². The molecule has 6 heteroatoms. The quantitative estimate of drug-likeness (QED) is 0.790. The van der Waals surface area contributed by atoms with E-state index in [0.29, 0.717) is 23.6 Å². The number of nitrogens with one attached hydrogen (secondary N) is 2. The van der Waals surface area contributed by atoms with E-state index < -0.39 is 0 Å². The van der Waals surface area contributed by atoms with Crippen molar-refractivity contribution in [3.8, 4) is 0 Å². The van der Waals surface area contributed by atoms with Gasteiger partial charge < -0.3 is 10.6 Å². The van der Waals surface area contributed by atoms with E-state index in [1.807, 2.05) is 0 Å². The molecule has 1 atom stereocenters. The third-order valence-corrected chi connectivity index (χ3v) is 4.35. The Bertz CT molecular complexity index is 493. The zero-order chi connectivity index (χ0) is 13.1. The molecule has 1 heterocycles. The van der Waals surface area contributed by atoms with Crippen LogP contribution in [-0.4, -0.2) is 24.4 Å². The van der Waals surface area contributed by atoms with E-state index in [-0.39, 0.29) is 17.9 Å². The van der Waals surface area contributed by atoms with E-state index in [9.17, 15) is 9.59 Å². The molecule has 2 N–H and O–H groups in total. The van der Waals surface area contributed by atoms with E-state index >= 15 is 0 Å². The number of rotatable bonds is 3. The molecule has 1 aliphatic heterocycles. The lowest BCUT2D eigenvalue weighted by atomic mass is 10.2. The average molecular weight is 379 g/mol. The van der Waals surface area contributed by atoms with Crippen molar-refractivity contribution >= 4 is 46.0 Å². The number of hydrogen-bond donors (Lipinski definition) is 2. The fraction of sp³-hybridized carbons (Fsp3) is 0.333. The van der Waals surface area contributed by atoms with E-state index in [0.717, 1.165) is 9.99 Å². The van der Waals surface area contributed by atoms with Gasteiger partial charge in [-0.1, -0.05) is 11.6 Å². The second kappa shape index (κ2) is 5.88. The van der Waals surface area contributed by atoms with Crippen LogP contribution in [0, 0.1) is 3.57 Å². The minimum Gasteiger partial charge on any atom is -0.352 e. The van der Waals surface area contributed by atoms with E-state index in [4.69, 9.17) is 11.6 Å². The highest BCUT2D eigenvalue weighted by atomic mass is 127. The Kier molecular flexibility index (Phi) is 4.45. The van der Waals surface area contributed by atoms with Gasteiger partial charge in [-0.2, -0.15) is 0 Å². The minimum absolute atomic E-state index is 0.0424. The Morgan fingerprint density at radius 3 is 2.94 bits per heavy atom. The van der Waals surface area contributed by atoms with Gasteiger partial charge in [0.1, 0.15) is 0 Å². The molecule has 0 saturated carbocycles. The average Bonchev–Trinajstić information content (AvgIpc) is 2.75. The number of carbonyl (C=O) groups excluding carboxylic acids is 2. The van der Waals surface area contributed by atoms with E-state index in [2.05, 4.69) is 33.2 Å². The van der Waals surface area contributed by atoms with Crippen molar-refractivity contribution in [2.45, 2.75) is 18.9 Å². The van der Waals surface area contributed by atoms with Crippen molar-refractivity contribution < 1.29 is 9.59 Å². The summed E-state index contributed by atoms with van der Waals surface area (Å²) in [6.07, 6.45) is 1.31. The smallest absolute Gasteiger partial charge is 0.251 e. The van der Waals surface area contributed by atoms with Gasteiger partial charge in [-0.3, -0.25) is 9.59 Å². The molecule has 0 radical (unpaired) electrons. The van der Waals surface area contributed by atoms with Gasteiger partial charge in [0.2, 0.25) is 5.91 Å². The van der Waals surface area contributed by atoms with Crippen LogP contribution in [-0.2, 0) is 4.79 Å². The van der Waals surface area contributed by atoms with Crippen LogP contribution in [0.2, 0.25) is 5.02 Å². The fourth-order valence-electron chi connectivity index (χ4n) is 1.79. The van der Waals surface area contributed by atoms with Crippen LogP contribution < -0.4 is 10.6 Å². The lowest BCUT2D eigenvalue weighted by Gasteiger charge is -2.11. The number of benzene rings is 1. The molecule has 0 aliphatic carbocycles. The summed E-state index contributed by atoms with van der Waals surface area (Å²) in [5.41, 5.74) is 0.532. The van der Waals surface area contributed by atoms with Gasteiger partial charge in [-0.25, -0.2) is 0 Å². The summed E-state index contributed by atoms with van der Waals surface area (Å²) in [5, 5.41) is 6.16. The van der Waals surface area contributed by atoms with Crippen molar-refractivity contribution in [1.29, 1.82) is 0 Å². The van der Waals surface area contributed by atoms with Crippen molar-refractivity contribution in [1.82, 2.24) is 10.6 Å². The predicted molar refractivity (Wildman–Crippen MR) is 77.7 cm³/mol. The largest absolute Gasteiger partial charge is 0.352 e. The van der Waals surface area contributed by atoms with Crippen LogP contribution in [0.1, 0.15) is 23.2 Å². The standard InChI is InChI=1S/C12H12ClIN2O2/c13-9-5-7(1-3-10(9)14)12(18)15-6-8-2-4-11(17)16-8/h1,3,5,8H,2,4,6H2,(H,15,18)(H,16,17). The first-order valence-corrected chi connectivity index (χ1v) is 7.04. The number of amides is 2. The van der Waals surface area contributed by atoms with Crippen LogP contribution >= 0.6 is 34.2 Å². The Hall–Kier alpha value is -0.820. The van der Waals surface area contributed by atoms with Gasteiger partial charge in [0.25, 0.3) is 5.91 Å². The second-order valence-corrected chi connectivity index (χ2v) is 5.71. The number of hydrogen-bond acceptors (Lipinski definition) is 2. The lowest BCUT2D eigenvalue weighted by Crippen LogP contribution is -2.38. The molecule has 1 aliphatic rings. The maximum Gasteiger partial charge on any atom is 0.251 e. The Labute approximate surface area is 124 Å². The summed E-state index contributed by atoms with van der Waals surface area (Å²) < 4.78 is 0.911. The predicted octanol–water partition coefficient (Wildman–Crippen LogP) is 1.95. The van der Waals surface area contributed by atoms with Crippen LogP contribution in [0.4, 0.5) is 0 Å². The van der Waals surface area contributed by atoms with Crippen LogP contribution in [0.5, 0.6) is 0 Å². The van der Waals surface area contributed by atoms with Gasteiger partial charge in [-0.15, -0.1) is 0 Å². The third kappa shape index (κ3) is 3.35. The molecular formula is C12H12ClIN2O2. The second-order valence-electron chi connectivity index (χ2n) is 4.14. The fourth-order valence-corrected chi connectivity index (χ4v) is 2.30. The summed E-state index contributed by atoms with van der Waals surface area (Å²) in [5.74, 6) is -0.124. The summed E-state index contributed by atoms with van der Waals surface area (Å²) in [7, 11) is 0.